The molecular formula is C13H15ClO. The second-order valence-corrected chi connectivity index (χ2v) is 4.96. The Morgan fingerprint density at radius 2 is 1.73 bits per heavy atom. The van der Waals surface area contributed by atoms with Crippen LogP contribution in [0.4, 0.5) is 0 Å². The zero-order chi connectivity index (χ0) is 11.5. The van der Waals surface area contributed by atoms with Crippen LogP contribution in [0.3, 0.4) is 0 Å². The van der Waals surface area contributed by atoms with Crippen LogP contribution >= 0.6 is 11.6 Å². The summed E-state index contributed by atoms with van der Waals surface area (Å²) in [4.78, 5) is 10.9. The lowest BCUT2D eigenvalue weighted by Crippen LogP contribution is -2.10. The SMILES string of the molecule is CC(C)(C)/C(C=O)=C/c1ccc(Cl)cc1. The van der Waals surface area contributed by atoms with E-state index >= 15 is 0 Å². The van der Waals surface area contributed by atoms with Crippen LogP contribution in [0.5, 0.6) is 0 Å². The summed E-state index contributed by atoms with van der Waals surface area (Å²) in [5, 5.41) is 0.704. The summed E-state index contributed by atoms with van der Waals surface area (Å²) in [5.74, 6) is 0. The Morgan fingerprint density at radius 3 is 2.13 bits per heavy atom. The molecule has 0 atom stereocenters. The summed E-state index contributed by atoms with van der Waals surface area (Å²) in [6.45, 7) is 6.05. The van der Waals surface area contributed by atoms with E-state index in [0.717, 1.165) is 17.4 Å². The van der Waals surface area contributed by atoms with Gasteiger partial charge in [-0.2, -0.15) is 0 Å². The lowest BCUT2D eigenvalue weighted by Gasteiger charge is -2.18. The fourth-order valence-electron chi connectivity index (χ4n) is 1.17. The summed E-state index contributed by atoms with van der Waals surface area (Å²) in [6.07, 6.45) is 2.80. The van der Waals surface area contributed by atoms with Gasteiger partial charge in [0.15, 0.2) is 0 Å². The number of hydrogen-bond acceptors (Lipinski definition) is 1. The molecule has 0 amide bonds. The molecule has 1 aromatic rings. The van der Waals surface area contributed by atoms with Gasteiger partial charge in [0.2, 0.25) is 0 Å². The molecule has 0 aliphatic carbocycles. The Balaban J connectivity index is 3.04. The molecule has 0 saturated carbocycles. The Kier molecular flexibility index (Phi) is 3.70. The summed E-state index contributed by atoms with van der Waals surface area (Å²) < 4.78 is 0. The Hall–Kier alpha value is -1.08. The van der Waals surface area contributed by atoms with Gasteiger partial charge in [-0.15, -0.1) is 0 Å². The molecule has 0 aliphatic rings. The van der Waals surface area contributed by atoms with E-state index in [0.29, 0.717) is 5.02 Å². The number of benzene rings is 1. The lowest BCUT2D eigenvalue weighted by molar-refractivity contribution is -0.105. The van der Waals surface area contributed by atoms with E-state index in [1.54, 1.807) is 0 Å². The minimum Gasteiger partial charge on any atom is -0.298 e. The summed E-state index contributed by atoms with van der Waals surface area (Å²) >= 11 is 5.78. The van der Waals surface area contributed by atoms with Crippen LogP contribution in [0.2, 0.25) is 5.02 Å². The normalized spacial score (nSPS) is 12.7. The van der Waals surface area contributed by atoms with E-state index in [1.807, 2.05) is 51.1 Å². The first-order chi connectivity index (χ1) is 6.93. The molecule has 15 heavy (non-hydrogen) atoms. The van der Waals surface area contributed by atoms with Crippen molar-refractivity contribution in [1.29, 1.82) is 0 Å². The van der Waals surface area contributed by atoms with Crippen LogP contribution in [0.1, 0.15) is 26.3 Å². The lowest BCUT2D eigenvalue weighted by atomic mass is 9.86. The van der Waals surface area contributed by atoms with Crippen LogP contribution in [0.25, 0.3) is 6.08 Å². The van der Waals surface area contributed by atoms with Crippen molar-refractivity contribution < 1.29 is 4.79 Å². The standard InChI is InChI=1S/C13H15ClO/c1-13(2,3)11(9-15)8-10-4-6-12(14)7-5-10/h4-9H,1-3H3/b11-8+. The van der Waals surface area contributed by atoms with Gasteiger partial charge in [0, 0.05) is 5.02 Å². The molecule has 0 aliphatic heterocycles. The van der Waals surface area contributed by atoms with E-state index in [9.17, 15) is 4.79 Å². The van der Waals surface area contributed by atoms with Gasteiger partial charge in [-0.05, 0) is 34.8 Å². The number of hydrogen-bond donors (Lipinski definition) is 0. The van der Waals surface area contributed by atoms with Gasteiger partial charge in [0.05, 0.1) is 0 Å². The molecule has 0 heterocycles. The van der Waals surface area contributed by atoms with Gasteiger partial charge in [-0.3, -0.25) is 4.79 Å². The number of carbonyl (C=O) groups is 1. The van der Waals surface area contributed by atoms with Gasteiger partial charge < -0.3 is 0 Å². The molecule has 0 N–H and O–H groups in total. The van der Waals surface area contributed by atoms with Crippen molar-refractivity contribution in [3.05, 3.63) is 40.4 Å². The van der Waals surface area contributed by atoms with Crippen LogP contribution in [0.15, 0.2) is 29.8 Å². The molecule has 0 unspecified atom stereocenters. The predicted octanol–water partition coefficient (Wildman–Crippen LogP) is 3.97. The molecule has 1 aromatic carbocycles. The zero-order valence-electron chi connectivity index (χ0n) is 9.25. The highest BCUT2D eigenvalue weighted by Crippen LogP contribution is 2.25. The van der Waals surface area contributed by atoms with E-state index in [1.165, 1.54) is 0 Å². The summed E-state index contributed by atoms with van der Waals surface area (Å²) in [6, 6.07) is 7.44. The van der Waals surface area contributed by atoms with Gasteiger partial charge in [0.25, 0.3) is 0 Å². The van der Waals surface area contributed by atoms with Crippen molar-refractivity contribution >= 4 is 24.0 Å². The molecule has 80 valence electrons. The van der Waals surface area contributed by atoms with Crippen molar-refractivity contribution in [1.82, 2.24) is 0 Å². The summed E-state index contributed by atoms with van der Waals surface area (Å²) in [5.41, 5.74) is 1.66. The highest BCUT2D eigenvalue weighted by molar-refractivity contribution is 6.30. The number of allylic oxidation sites excluding steroid dienone is 1. The Labute approximate surface area is 95.8 Å². The smallest absolute Gasteiger partial charge is 0.146 e. The molecular weight excluding hydrogens is 208 g/mol. The quantitative estimate of drug-likeness (QED) is 0.547. The molecule has 0 bridgehead atoms. The van der Waals surface area contributed by atoms with Gasteiger partial charge in [-0.1, -0.05) is 44.5 Å². The number of carbonyl (C=O) groups excluding carboxylic acids is 1. The van der Waals surface area contributed by atoms with Gasteiger partial charge in [-0.25, -0.2) is 0 Å². The predicted molar refractivity (Wildman–Crippen MR) is 64.9 cm³/mol. The molecule has 0 aromatic heterocycles. The monoisotopic (exact) mass is 222 g/mol. The summed E-state index contributed by atoms with van der Waals surface area (Å²) in [7, 11) is 0. The van der Waals surface area contributed by atoms with Crippen molar-refractivity contribution in [2.75, 3.05) is 0 Å². The van der Waals surface area contributed by atoms with E-state index in [-0.39, 0.29) is 5.41 Å². The maximum atomic E-state index is 10.9. The zero-order valence-corrected chi connectivity index (χ0v) is 10.0. The first-order valence-electron chi connectivity index (χ1n) is 4.86. The first kappa shape index (κ1) is 12.0. The van der Waals surface area contributed by atoms with Crippen LogP contribution in [-0.4, -0.2) is 6.29 Å². The van der Waals surface area contributed by atoms with Gasteiger partial charge in [0.1, 0.15) is 6.29 Å². The molecule has 0 fully saturated rings. The molecule has 0 radical (unpaired) electrons. The maximum Gasteiger partial charge on any atom is 0.146 e. The third-order valence-corrected chi connectivity index (χ3v) is 2.44. The topological polar surface area (TPSA) is 17.1 Å². The largest absolute Gasteiger partial charge is 0.298 e. The molecule has 1 rings (SSSR count). The van der Waals surface area contributed by atoms with E-state index < -0.39 is 0 Å². The average molecular weight is 223 g/mol. The third-order valence-electron chi connectivity index (χ3n) is 2.19. The van der Waals surface area contributed by atoms with E-state index in [4.69, 9.17) is 11.6 Å². The average Bonchev–Trinajstić information content (AvgIpc) is 2.15. The minimum atomic E-state index is -0.124. The Bertz CT molecular complexity index is 369. The second kappa shape index (κ2) is 4.63. The van der Waals surface area contributed by atoms with Crippen LogP contribution < -0.4 is 0 Å². The van der Waals surface area contributed by atoms with Crippen molar-refractivity contribution in [2.24, 2.45) is 5.41 Å². The van der Waals surface area contributed by atoms with Crippen LogP contribution in [0, 0.1) is 5.41 Å². The van der Waals surface area contributed by atoms with Crippen molar-refractivity contribution in [3.8, 4) is 0 Å². The first-order valence-corrected chi connectivity index (χ1v) is 5.24. The fraction of sp³-hybridized carbons (Fsp3) is 0.308. The third kappa shape index (κ3) is 3.52. The maximum absolute atomic E-state index is 10.9. The van der Waals surface area contributed by atoms with Gasteiger partial charge >= 0.3 is 0 Å². The number of aldehydes is 1. The molecule has 2 heteroatoms. The highest BCUT2D eigenvalue weighted by Gasteiger charge is 2.15. The highest BCUT2D eigenvalue weighted by atomic mass is 35.5. The minimum absolute atomic E-state index is 0.124. The number of rotatable bonds is 2. The van der Waals surface area contributed by atoms with E-state index in [2.05, 4.69) is 0 Å². The van der Waals surface area contributed by atoms with Crippen molar-refractivity contribution in [3.63, 3.8) is 0 Å². The van der Waals surface area contributed by atoms with Crippen molar-refractivity contribution in [2.45, 2.75) is 20.8 Å². The molecule has 0 spiro atoms. The number of halogens is 1. The second-order valence-electron chi connectivity index (χ2n) is 4.52. The fourth-order valence-corrected chi connectivity index (χ4v) is 1.29. The van der Waals surface area contributed by atoms with Crippen LogP contribution in [-0.2, 0) is 4.79 Å². The molecule has 1 nitrogen and oxygen atoms in total. The molecule has 0 saturated heterocycles. The Morgan fingerprint density at radius 1 is 1.20 bits per heavy atom.